The van der Waals surface area contributed by atoms with Gasteiger partial charge in [-0.25, -0.2) is 0 Å². The summed E-state index contributed by atoms with van der Waals surface area (Å²) in [5.41, 5.74) is 5.97. The fraction of sp³-hybridized carbons (Fsp3) is 0.0714. The van der Waals surface area contributed by atoms with Gasteiger partial charge in [0.15, 0.2) is 0 Å². The van der Waals surface area contributed by atoms with Gasteiger partial charge in [0, 0.05) is 18.2 Å². The number of nitrogens with zero attached hydrogens (tertiary/aromatic N) is 1. The SMILES string of the molecule is C=C1c2ccccc2Cc2cccnc21. The standard InChI is InChI=1S/C14H11N/c1-10-13-7-3-2-5-11(13)9-12-6-4-8-15-14(10)12/h2-8H,1,9H2. The third-order valence-corrected chi connectivity index (χ3v) is 2.90. The van der Waals surface area contributed by atoms with Gasteiger partial charge in [-0.3, -0.25) is 4.98 Å². The molecular formula is C14H11N. The molecule has 2 aromatic rings. The molecule has 0 amide bonds. The van der Waals surface area contributed by atoms with Crippen molar-refractivity contribution in [3.8, 4) is 0 Å². The molecule has 0 radical (unpaired) electrons. The van der Waals surface area contributed by atoms with Crippen LogP contribution in [-0.2, 0) is 6.42 Å². The molecule has 0 saturated heterocycles. The Bertz CT molecular complexity index is 493. The average Bonchev–Trinajstić information content (AvgIpc) is 2.30. The normalized spacial score (nSPS) is 13.2. The molecule has 1 aliphatic rings. The lowest BCUT2D eigenvalue weighted by Crippen LogP contribution is -2.07. The van der Waals surface area contributed by atoms with E-state index in [0.717, 1.165) is 17.7 Å². The van der Waals surface area contributed by atoms with E-state index in [1.165, 1.54) is 16.7 Å². The summed E-state index contributed by atoms with van der Waals surface area (Å²) in [6.07, 6.45) is 2.80. The highest BCUT2D eigenvalue weighted by molar-refractivity contribution is 5.82. The van der Waals surface area contributed by atoms with Gasteiger partial charge in [0.25, 0.3) is 0 Å². The molecule has 72 valence electrons. The minimum atomic E-state index is 0.971. The first-order chi connectivity index (χ1) is 7.36. The minimum absolute atomic E-state index is 0.971. The predicted molar refractivity (Wildman–Crippen MR) is 61.6 cm³/mol. The van der Waals surface area contributed by atoms with Gasteiger partial charge in [-0.15, -0.1) is 0 Å². The van der Waals surface area contributed by atoms with Crippen LogP contribution in [0.4, 0.5) is 0 Å². The van der Waals surface area contributed by atoms with Crippen LogP contribution in [0, 0.1) is 0 Å². The molecule has 0 aliphatic heterocycles. The molecule has 0 unspecified atom stereocenters. The lowest BCUT2D eigenvalue weighted by molar-refractivity contribution is 1.08. The number of fused-ring (bicyclic) bond motifs is 2. The lowest BCUT2D eigenvalue weighted by atomic mass is 9.86. The Morgan fingerprint density at radius 3 is 2.73 bits per heavy atom. The number of hydrogen-bond acceptors (Lipinski definition) is 1. The van der Waals surface area contributed by atoms with Crippen LogP contribution in [0.15, 0.2) is 49.2 Å². The van der Waals surface area contributed by atoms with Crippen LogP contribution in [0.3, 0.4) is 0 Å². The fourth-order valence-electron chi connectivity index (χ4n) is 2.15. The van der Waals surface area contributed by atoms with Crippen molar-refractivity contribution in [1.29, 1.82) is 0 Å². The number of rotatable bonds is 0. The molecule has 1 nitrogen and oxygen atoms in total. The molecule has 0 spiro atoms. The maximum absolute atomic E-state index is 4.40. The quantitative estimate of drug-likeness (QED) is 0.534. The van der Waals surface area contributed by atoms with Crippen LogP contribution in [-0.4, -0.2) is 4.98 Å². The van der Waals surface area contributed by atoms with E-state index in [4.69, 9.17) is 0 Å². The monoisotopic (exact) mass is 193 g/mol. The molecule has 1 aliphatic carbocycles. The average molecular weight is 193 g/mol. The van der Waals surface area contributed by atoms with Gasteiger partial charge in [0.05, 0.1) is 5.69 Å². The molecule has 1 heteroatoms. The number of aromatic nitrogens is 1. The van der Waals surface area contributed by atoms with Crippen LogP contribution < -0.4 is 0 Å². The van der Waals surface area contributed by atoms with Crippen LogP contribution in [0.2, 0.25) is 0 Å². The molecule has 0 bridgehead atoms. The fourth-order valence-corrected chi connectivity index (χ4v) is 2.15. The van der Waals surface area contributed by atoms with E-state index in [1.54, 1.807) is 0 Å². The van der Waals surface area contributed by atoms with E-state index in [-0.39, 0.29) is 0 Å². The van der Waals surface area contributed by atoms with Crippen LogP contribution in [0.1, 0.15) is 22.4 Å². The van der Waals surface area contributed by atoms with Crippen molar-refractivity contribution < 1.29 is 0 Å². The zero-order valence-corrected chi connectivity index (χ0v) is 8.40. The molecule has 15 heavy (non-hydrogen) atoms. The molecule has 1 heterocycles. The van der Waals surface area contributed by atoms with Gasteiger partial charge in [-0.05, 0) is 22.8 Å². The minimum Gasteiger partial charge on any atom is -0.256 e. The number of benzene rings is 1. The van der Waals surface area contributed by atoms with E-state index >= 15 is 0 Å². The van der Waals surface area contributed by atoms with E-state index in [9.17, 15) is 0 Å². The Kier molecular flexibility index (Phi) is 1.72. The summed E-state index contributed by atoms with van der Waals surface area (Å²) in [7, 11) is 0. The summed E-state index contributed by atoms with van der Waals surface area (Å²) in [6, 6.07) is 12.5. The van der Waals surface area contributed by atoms with Crippen molar-refractivity contribution in [3.05, 3.63) is 71.6 Å². The largest absolute Gasteiger partial charge is 0.256 e. The highest BCUT2D eigenvalue weighted by atomic mass is 14.7. The molecule has 3 rings (SSSR count). The molecule has 0 atom stereocenters. The van der Waals surface area contributed by atoms with Crippen molar-refractivity contribution in [1.82, 2.24) is 4.98 Å². The summed E-state index contributed by atoms with van der Waals surface area (Å²) in [4.78, 5) is 4.40. The van der Waals surface area contributed by atoms with Crippen molar-refractivity contribution in [3.63, 3.8) is 0 Å². The van der Waals surface area contributed by atoms with Crippen molar-refractivity contribution >= 4 is 5.57 Å². The van der Waals surface area contributed by atoms with E-state index in [2.05, 4.69) is 41.9 Å². The van der Waals surface area contributed by atoms with Crippen LogP contribution >= 0.6 is 0 Å². The van der Waals surface area contributed by atoms with Gasteiger partial charge in [-0.2, -0.15) is 0 Å². The Hall–Kier alpha value is -1.89. The molecule has 1 aromatic heterocycles. The summed E-state index contributed by atoms with van der Waals surface area (Å²) in [5, 5.41) is 0. The Labute approximate surface area is 89.1 Å². The summed E-state index contributed by atoms with van der Waals surface area (Å²) >= 11 is 0. The van der Waals surface area contributed by atoms with Crippen molar-refractivity contribution in [2.75, 3.05) is 0 Å². The van der Waals surface area contributed by atoms with Gasteiger partial charge >= 0.3 is 0 Å². The summed E-state index contributed by atoms with van der Waals surface area (Å²) in [6.45, 7) is 4.13. The van der Waals surface area contributed by atoms with Gasteiger partial charge in [-0.1, -0.05) is 36.9 Å². The predicted octanol–water partition coefficient (Wildman–Crippen LogP) is 3.05. The first kappa shape index (κ1) is 8.42. The second-order valence-corrected chi connectivity index (χ2v) is 3.82. The third-order valence-electron chi connectivity index (χ3n) is 2.90. The Morgan fingerprint density at radius 1 is 1.00 bits per heavy atom. The molecule has 1 aromatic carbocycles. The first-order valence-corrected chi connectivity index (χ1v) is 5.08. The zero-order valence-electron chi connectivity index (χ0n) is 8.40. The van der Waals surface area contributed by atoms with Gasteiger partial charge < -0.3 is 0 Å². The first-order valence-electron chi connectivity index (χ1n) is 5.08. The summed E-state index contributed by atoms with van der Waals surface area (Å²) < 4.78 is 0. The second kappa shape index (κ2) is 3.06. The third kappa shape index (κ3) is 1.20. The van der Waals surface area contributed by atoms with E-state index in [1.807, 2.05) is 12.3 Å². The van der Waals surface area contributed by atoms with Crippen LogP contribution in [0.5, 0.6) is 0 Å². The highest BCUT2D eigenvalue weighted by Gasteiger charge is 2.18. The van der Waals surface area contributed by atoms with E-state index in [0.29, 0.717) is 0 Å². The Balaban J connectivity index is 2.24. The molecule has 0 fully saturated rings. The zero-order chi connectivity index (χ0) is 10.3. The lowest BCUT2D eigenvalue weighted by Gasteiger charge is -2.20. The number of pyridine rings is 1. The smallest absolute Gasteiger partial charge is 0.0737 e. The van der Waals surface area contributed by atoms with Crippen molar-refractivity contribution in [2.45, 2.75) is 6.42 Å². The van der Waals surface area contributed by atoms with E-state index < -0.39 is 0 Å². The maximum Gasteiger partial charge on any atom is 0.0737 e. The molecular weight excluding hydrogens is 182 g/mol. The second-order valence-electron chi connectivity index (χ2n) is 3.82. The molecule has 0 saturated carbocycles. The molecule has 0 N–H and O–H groups in total. The highest BCUT2D eigenvalue weighted by Crippen LogP contribution is 2.32. The van der Waals surface area contributed by atoms with Crippen molar-refractivity contribution in [2.24, 2.45) is 0 Å². The van der Waals surface area contributed by atoms with Gasteiger partial charge in [0.2, 0.25) is 0 Å². The topological polar surface area (TPSA) is 12.9 Å². The number of hydrogen-bond donors (Lipinski definition) is 0. The van der Waals surface area contributed by atoms with Gasteiger partial charge in [0.1, 0.15) is 0 Å². The summed E-state index contributed by atoms with van der Waals surface area (Å²) in [5.74, 6) is 0. The Morgan fingerprint density at radius 2 is 1.80 bits per heavy atom. The maximum atomic E-state index is 4.40. The van der Waals surface area contributed by atoms with Crippen LogP contribution in [0.25, 0.3) is 5.57 Å².